The highest BCUT2D eigenvalue weighted by molar-refractivity contribution is 5.75. The van der Waals surface area contributed by atoms with Crippen LogP contribution in [0.1, 0.15) is 49.5 Å². The van der Waals surface area contributed by atoms with Gasteiger partial charge in [-0.2, -0.15) is 0 Å². The van der Waals surface area contributed by atoms with Gasteiger partial charge in [0, 0.05) is 13.0 Å². The Morgan fingerprint density at radius 1 is 1.32 bits per heavy atom. The number of aryl methyl sites for hydroxylation is 2. The van der Waals surface area contributed by atoms with Gasteiger partial charge in [0.2, 0.25) is 5.91 Å². The molecular formula is C16H25NO2. The van der Waals surface area contributed by atoms with Crippen molar-refractivity contribution in [2.75, 3.05) is 6.54 Å². The Morgan fingerprint density at radius 2 is 2.00 bits per heavy atom. The molecule has 0 bridgehead atoms. The predicted molar refractivity (Wildman–Crippen MR) is 78.0 cm³/mol. The largest absolute Gasteiger partial charge is 0.388 e. The molecule has 0 fully saturated rings. The van der Waals surface area contributed by atoms with Crippen molar-refractivity contribution in [1.29, 1.82) is 0 Å². The van der Waals surface area contributed by atoms with Crippen molar-refractivity contribution in [2.45, 2.75) is 46.6 Å². The summed E-state index contributed by atoms with van der Waals surface area (Å²) in [7, 11) is 0. The van der Waals surface area contributed by atoms with Crippen LogP contribution in [-0.2, 0) is 4.79 Å². The zero-order valence-electron chi connectivity index (χ0n) is 12.4. The monoisotopic (exact) mass is 263 g/mol. The van der Waals surface area contributed by atoms with Gasteiger partial charge in [-0.3, -0.25) is 4.79 Å². The lowest BCUT2D eigenvalue weighted by molar-refractivity contribution is -0.121. The number of amides is 1. The molecule has 0 aliphatic heterocycles. The lowest BCUT2D eigenvalue weighted by Crippen LogP contribution is -2.27. The van der Waals surface area contributed by atoms with Gasteiger partial charge < -0.3 is 10.4 Å². The summed E-state index contributed by atoms with van der Waals surface area (Å²) < 4.78 is 0. The summed E-state index contributed by atoms with van der Waals surface area (Å²) >= 11 is 0. The Balaban J connectivity index is 2.46. The maximum absolute atomic E-state index is 11.6. The number of hydrogen-bond acceptors (Lipinski definition) is 2. The van der Waals surface area contributed by atoms with Crippen molar-refractivity contribution >= 4 is 5.91 Å². The fourth-order valence-corrected chi connectivity index (χ4v) is 2.03. The van der Waals surface area contributed by atoms with Gasteiger partial charge in [0.25, 0.3) is 0 Å². The summed E-state index contributed by atoms with van der Waals surface area (Å²) in [6, 6.07) is 5.99. The molecule has 0 heterocycles. The zero-order chi connectivity index (χ0) is 14.4. The number of benzene rings is 1. The van der Waals surface area contributed by atoms with E-state index in [4.69, 9.17) is 0 Å². The molecule has 1 rings (SSSR count). The van der Waals surface area contributed by atoms with Gasteiger partial charge in [-0.15, -0.1) is 0 Å². The minimum Gasteiger partial charge on any atom is -0.388 e. The number of aliphatic hydroxyl groups excluding tert-OH is 1. The normalized spacial score (nSPS) is 12.5. The second-order valence-electron chi connectivity index (χ2n) is 5.61. The highest BCUT2D eigenvalue weighted by Gasteiger charge is 2.12. The molecule has 0 aliphatic rings. The molecule has 1 aromatic carbocycles. The van der Waals surface area contributed by atoms with Gasteiger partial charge in [-0.25, -0.2) is 0 Å². The van der Waals surface area contributed by atoms with Gasteiger partial charge in [0.05, 0.1) is 6.10 Å². The summed E-state index contributed by atoms with van der Waals surface area (Å²) in [6.45, 7) is 8.83. The van der Waals surface area contributed by atoms with E-state index in [1.165, 1.54) is 5.56 Å². The van der Waals surface area contributed by atoms with E-state index in [1.807, 2.05) is 26.0 Å². The second kappa shape index (κ2) is 7.29. The van der Waals surface area contributed by atoms with Gasteiger partial charge >= 0.3 is 0 Å². The van der Waals surface area contributed by atoms with Crippen molar-refractivity contribution in [1.82, 2.24) is 5.32 Å². The van der Waals surface area contributed by atoms with Crippen LogP contribution in [0.3, 0.4) is 0 Å². The average Bonchev–Trinajstić information content (AvgIpc) is 2.33. The van der Waals surface area contributed by atoms with Gasteiger partial charge in [-0.1, -0.05) is 37.6 Å². The second-order valence-corrected chi connectivity index (χ2v) is 5.61. The molecular weight excluding hydrogens is 238 g/mol. The molecule has 0 saturated carbocycles. The van der Waals surface area contributed by atoms with Gasteiger partial charge in [-0.05, 0) is 37.3 Å². The maximum Gasteiger partial charge on any atom is 0.220 e. The van der Waals surface area contributed by atoms with E-state index < -0.39 is 6.10 Å². The summed E-state index contributed by atoms with van der Waals surface area (Å²) in [5.41, 5.74) is 3.18. The van der Waals surface area contributed by atoms with Crippen LogP contribution < -0.4 is 5.32 Å². The Labute approximate surface area is 116 Å². The molecule has 1 unspecified atom stereocenters. The lowest BCUT2D eigenvalue weighted by Gasteiger charge is -2.14. The van der Waals surface area contributed by atoms with Crippen LogP contribution >= 0.6 is 0 Å². The van der Waals surface area contributed by atoms with E-state index in [0.29, 0.717) is 25.3 Å². The smallest absolute Gasteiger partial charge is 0.220 e. The molecule has 1 aromatic rings. The Kier molecular flexibility index (Phi) is 6.03. The molecule has 106 valence electrons. The number of carbonyl (C=O) groups excluding carboxylic acids is 1. The van der Waals surface area contributed by atoms with Crippen LogP contribution in [0.4, 0.5) is 0 Å². The highest BCUT2D eigenvalue weighted by atomic mass is 16.3. The molecule has 3 nitrogen and oxygen atoms in total. The van der Waals surface area contributed by atoms with E-state index >= 15 is 0 Å². The summed E-state index contributed by atoms with van der Waals surface area (Å²) in [6.07, 6.45) is 0.264. The van der Waals surface area contributed by atoms with Crippen molar-refractivity contribution in [3.8, 4) is 0 Å². The third-order valence-electron chi connectivity index (χ3n) is 3.14. The van der Waals surface area contributed by atoms with Crippen molar-refractivity contribution in [3.05, 3.63) is 34.9 Å². The van der Waals surface area contributed by atoms with Crippen LogP contribution in [0.15, 0.2) is 18.2 Å². The van der Waals surface area contributed by atoms with Crippen LogP contribution in [0.5, 0.6) is 0 Å². The van der Waals surface area contributed by atoms with Gasteiger partial charge in [0.1, 0.15) is 0 Å². The number of carbonyl (C=O) groups is 1. The molecule has 1 amide bonds. The lowest BCUT2D eigenvalue weighted by atomic mass is 9.98. The molecule has 1 atom stereocenters. The Morgan fingerprint density at radius 3 is 2.58 bits per heavy atom. The minimum absolute atomic E-state index is 0.0116. The quantitative estimate of drug-likeness (QED) is 0.829. The van der Waals surface area contributed by atoms with Crippen LogP contribution in [0, 0.1) is 19.8 Å². The van der Waals surface area contributed by atoms with Crippen LogP contribution in [-0.4, -0.2) is 17.6 Å². The molecule has 0 aliphatic carbocycles. The topological polar surface area (TPSA) is 49.3 Å². The number of aliphatic hydroxyl groups is 1. The molecule has 0 saturated heterocycles. The predicted octanol–water partition coefficient (Wildman–Crippen LogP) is 2.89. The number of nitrogens with one attached hydrogen (secondary N) is 1. The Bertz CT molecular complexity index is 427. The summed E-state index contributed by atoms with van der Waals surface area (Å²) in [4.78, 5) is 11.6. The zero-order valence-corrected chi connectivity index (χ0v) is 12.4. The standard InChI is InChI=1S/C16H25NO2/c1-11(2)10-17-16(19)8-7-15(18)14-6-5-12(3)9-13(14)4/h5-6,9,11,15,18H,7-8,10H2,1-4H3,(H,17,19). The summed E-state index contributed by atoms with van der Waals surface area (Å²) in [5.74, 6) is 0.464. The number of rotatable bonds is 6. The van der Waals surface area contributed by atoms with Crippen molar-refractivity contribution < 1.29 is 9.90 Å². The van der Waals surface area contributed by atoms with Gasteiger partial charge in [0.15, 0.2) is 0 Å². The van der Waals surface area contributed by atoms with E-state index in [1.54, 1.807) is 0 Å². The molecule has 0 spiro atoms. The first-order chi connectivity index (χ1) is 8.90. The fraction of sp³-hybridized carbons (Fsp3) is 0.562. The van der Waals surface area contributed by atoms with E-state index in [9.17, 15) is 9.90 Å². The van der Waals surface area contributed by atoms with Crippen molar-refractivity contribution in [3.63, 3.8) is 0 Å². The van der Waals surface area contributed by atoms with Crippen molar-refractivity contribution in [2.24, 2.45) is 5.92 Å². The first-order valence-corrected chi connectivity index (χ1v) is 6.92. The van der Waals surface area contributed by atoms with Crippen LogP contribution in [0.25, 0.3) is 0 Å². The molecule has 0 radical (unpaired) electrons. The highest BCUT2D eigenvalue weighted by Crippen LogP contribution is 2.22. The third-order valence-corrected chi connectivity index (χ3v) is 3.14. The first-order valence-electron chi connectivity index (χ1n) is 6.92. The molecule has 19 heavy (non-hydrogen) atoms. The fourth-order valence-electron chi connectivity index (χ4n) is 2.03. The molecule has 3 heteroatoms. The van der Waals surface area contributed by atoms with E-state index in [-0.39, 0.29) is 5.91 Å². The maximum atomic E-state index is 11.6. The minimum atomic E-state index is -0.564. The third kappa shape index (κ3) is 5.43. The van der Waals surface area contributed by atoms with Crippen LogP contribution in [0.2, 0.25) is 0 Å². The first kappa shape index (κ1) is 15.7. The molecule has 2 N–H and O–H groups in total. The average molecular weight is 263 g/mol. The van der Waals surface area contributed by atoms with E-state index in [2.05, 4.69) is 25.2 Å². The Hall–Kier alpha value is -1.35. The number of hydrogen-bond donors (Lipinski definition) is 2. The molecule has 0 aromatic heterocycles. The van der Waals surface area contributed by atoms with E-state index in [0.717, 1.165) is 11.1 Å². The SMILES string of the molecule is Cc1ccc(C(O)CCC(=O)NCC(C)C)c(C)c1. The summed E-state index contributed by atoms with van der Waals surface area (Å²) in [5, 5.41) is 13.0.